The summed E-state index contributed by atoms with van der Waals surface area (Å²) >= 11 is 4.04. The summed E-state index contributed by atoms with van der Waals surface area (Å²) in [6.07, 6.45) is 4.15. The molecule has 0 fully saturated rings. The molecular weight excluding hydrogens is 359 g/mol. The first-order valence-corrected chi connectivity index (χ1v) is 8.15. The number of hydrogen-bond acceptors (Lipinski definition) is 3. The quantitative estimate of drug-likeness (QED) is 0.586. The topological polar surface area (TPSA) is 26.3 Å². The second-order valence-electron chi connectivity index (χ2n) is 4.98. The number of esters is 1. The van der Waals surface area contributed by atoms with Crippen molar-refractivity contribution >= 4 is 46.1 Å². The fraction of sp³-hybridized carbons (Fsp3) is 0.357. The number of carbonyl (C=O) groups excluding carboxylic acids is 1. The van der Waals surface area contributed by atoms with Crippen LogP contribution in [0, 0.1) is 8.99 Å². The normalized spacial score (nSPS) is 16.9. The van der Waals surface area contributed by atoms with E-state index in [1.807, 2.05) is 18.2 Å². The van der Waals surface area contributed by atoms with Gasteiger partial charge in [-0.2, -0.15) is 11.8 Å². The van der Waals surface area contributed by atoms with Gasteiger partial charge in [-0.25, -0.2) is 4.79 Å². The number of hydrogen-bond donors (Lipinski definition) is 0. The van der Waals surface area contributed by atoms with Gasteiger partial charge < -0.3 is 4.74 Å². The van der Waals surface area contributed by atoms with Crippen LogP contribution in [-0.4, -0.2) is 18.0 Å². The van der Waals surface area contributed by atoms with Crippen LogP contribution in [0.1, 0.15) is 29.8 Å². The number of ether oxygens (including phenoxy) is 1. The maximum absolute atomic E-state index is 11.8. The standard InChI is InChI=1S/C14H15IO2S/c1-14(2,8-18-3)7-11-12-9(13(16)17-11)5-4-6-10(12)15/h4-7H,8H2,1-3H3/b11-7-. The second kappa shape index (κ2) is 5.25. The fourth-order valence-corrected chi connectivity index (χ4v) is 3.61. The zero-order chi connectivity index (χ0) is 13.3. The summed E-state index contributed by atoms with van der Waals surface area (Å²) in [5.74, 6) is 1.46. The molecular formula is C14H15IO2S. The summed E-state index contributed by atoms with van der Waals surface area (Å²) in [6, 6.07) is 5.71. The maximum atomic E-state index is 11.8. The van der Waals surface area contributed by atoms with E-state index in [4.69, 9.17) is 4.74 Å². The van der Waals surface area contributed by atoms with Crippen molar-refractivity contribution in [1.29, 1.82) is 0 Å². The van der Waals surface area contributed by atoms with Gasteiger partial charge in [-0.1, -0.05) is 19.9 Å². The smallest absolute Gasteiger partial charge is 0.344 e. The molecule has 1 aromatic rings. The number of halogens is 1. The van der Waals surface area contributed by atoms with Crippen LogP contribution in [0.25, 0.3) is 5.76 Å². The minimum Gasteiger partial charge on any atom is -0.423 e. The molecule has 0 aliphatic carbocycles. The summed E-state index contributed by atoms with van der Waals surface area (Å²) in [4.78, 5) is 11.8. The number of carbonyl (C=O) groups is 1. The molecule has 18 heavy (non-hydrogen) atoms. The SMILES string of the molecule is CSCC(C)(C)/C=C1\OC(=O)c2cccc(I)c21. The van der Waals surface area contributed by atoms with Crippen molar-refractivity contribution in [1.82, 2.24) is 0 Å². The number of thioether (sulfide) groups is 1. The Bertz CT molecular complexity index is 521. The molecule has 0 atom stereocenters. The highest BCUT2D eigenvalue weighted by Crippen LogP contribution is 2.36. The van der Waals surface area contributed by atoms with Crippen LogP contribution >= 0.6 is 34.4 Å². The second-order valence-corrected chi connectivity index (χ2v) is 7.01. The van der Waals surface area contributed by atoms with Crippen molar-refractivity contribution in [2.45, 2.75) is 13.8 Å². The Labute approximate surface area is 125 Å². The molecule has 0 aromatic heterocycles. The van der Waals surface area contributed by atoms with Gasteiger partial charge >= 0.3 is 5.97 Å². The minimum absolute atomic E-state index is 0.00949. The molecule has 0 radical (unpaired) electrons. The van der Waals surface area contributed by atoms with Crippen molar-refractivity contribution in [3.8, 4) is 0 Å². The summed E-state index contributed by atoms with van der Waals surface area (Å²) in [6.45, 7) is 4.30. The van der Waals surface area contributed by atoms with Gasteiger partial charge in [-0.15, -0.1) is 0 Å². The van der Waals surface area contributed by atoms with Crippen molar-refractivity contribution < 1.29 is 9.53 Å². The zero-order valence-electron chi connectivity index (χ0n) is 10.6. The first kappa shape index (κ1) is 13.9. The predicted octanol–water partition coefficient (Wildman–Crippen LogP) is 4.19. The average Bonchev–Trinajstić information content (AvgIpc) is 2.56. The van der Waals surface area contributed by atoms with Crippen LogP contribution in [-0.2, 0) is 4.74 Å². The molecule has 0 saturated carbocycles. The Balaban J connectivity index is 2.46. The van der Waals surface area contributed by atoms with E-state index in [1.165, 1.54) is 0 Å². The number of allylic oxidation sites excluding steroid dienone is 1. The monoisotopic (exact) mass is 374 g/mol. The molecule has 4 heteroatoms. The van der Waals surface area contributed by atoms with E-state index in [9.17, 15) is 4.79 Å². The van der Waals surface area contributed by atoms with Crippen LogP contribution in [0.5, 0.6) is 0 Å². The van der Waals surface area contributed by atoms with Gasteiger partial charge in [0, 0.05) is 14.9 Å². The van der Waals surface area contributed by atoms with Crippen LogP contribution in [0.3, 0.4) is 0 Å². The molecule has 2 rings (SSSR count). The lowest BCUT2D eigenvalue weighted by molar-refractivity contribution is 0.0714. The van der Waals surface area contributed by atoms with Crippen LogP contribution < -0.4 is 0 Å². The minimum atomic E-state index is -0.241. The third-order valence-electron chi connectivity index (χ3n) is 2.72. The Morgan fingerprint density at radius 3 is 2.83 bits per heavy atom. The largest absolute Gasteiger partial charge is 0.423 e. The Kier molecular flexibility index (Phi) is 4.06. The van der Waals surface area contributed by atoms with Gasteiger partial charge in [-0.3, -0.25) is 0 Å². The van der Waals surface area contributed by atoms with Crippen molar-refractivity contribution in [2.75, 3.05) is 12.0 Å². The lowest BCUT2D eigenvalue weighted by Crippen LogP contribution is -2.11. The Morgan fingerprint density at radius 1 is 1.44 bits per heavy atom. The molecule has 0 unspecified atom stereocenters. The molecule has 0 N–H and O–H groups in total. The molecule has 1 aliphatic rings. The molecule has 2 nitrogen and oxygen atoms in total. The molecule has 0 amide bonds. The highest BCUT2D eigenvalue weighted by atomic mass is 127. The number of fused-ring (bicyclic) bond motifs is 1. The number of benzene rings is 1. The van der Waals surface area contributed by atoms with Crippen molar-refractivity contribution in [2.24, 2.45) is 5.41 Å². The highest BCUT2D eigenvalue weighted by Gasteiger charge is 2.30. The molecule has 0 saturated heterocycles. The third kappa shape index (κ3) is 2.74. The summed E-state index contributed by atoms with van der Waals surface area (Å²) in [5, 5.41) is 0. The third-order valence-corrected chi connectivity index (χ3v) is 4.65. The van der Waals surface area contributed by atoms with Gasteiger partial charge in [0.1, 0.15) is 5.76 Å². The molecule has 0 bridgehead atoms. The number of rotatable bonds is 3. The van der Waals surface area contributed by atoms with Crippen molar-refractivity contribution in [3.05, 3.63) is 39.0 Å². The van der Waals surface area contributed by atoms with E-state index in [2.05, 4.69) is 48.8 Å². The molecule has 0 spiro atoms. The van der Waals surface area contributed by atoms with Gasteiger partial charge in [0.2, 0.25) is 0 Å². The van der Waals surface area contributed by atoms with Crippen molar-refractivity contribution in [3.63, 3.8) is 0 Å². The molecule has 1 aromatic carbocycles. The van der Waals surface area contributed by atoms with Gasteiger partial charge in [0.25, 0.3) is 0 Å². The van der Waals surface area contributed by atoms with Crippen LogP contribution in [0.2, 0.25) is 0 Å². The van der Waals surface area contributed by atoms with E-state index in [0.29, 0.717) is 11.3 Å². The zero-order valence-corrected chi connectivity index (χ0v) is 13.6. The highest BCUT2D eigenvalue weighted by molar-refractivity contribution is 14.1. The molecule has 1 heterocycles. The van der Waals surface area contributed by atoms with E-state index in [0.717, 1.165) is 14.9 Å². The van der Waals surface area contributed by atoms with Gasteiger partial charge in [0.15, 0.2) is 0 Å². The average molecular weight is 374 g/mol. The lowest BCUT2D eigenvalue weighted by atomic mass is 9.93. The van der Waals surface area contributed by atoms with Crippen LogP contribution in [0.15, 0.2) is 24.3 Å². The summed E-state index contributed by atoms with van der Waals surface area (Å²) in [7, 11) is 0. The van der Waals surface area contributed by atoms with E-state index < -0.39 is 0 Å². The lowest BCUT2D eigenvalue weighted by Gasteiger charge is -2.19. The molecule has 96 valence electrons. The van der Waals surface area contributed by atoms with Crippen LogP contribution in [0.4, 0.5) is 0 Å². The van der Waals surface area contributed by atoms with Gasteiger partial charge in [0.05, 0.1) is 5.56 Å². The van der Waals surface area contributed by atoms with E-state index in [1.54, 1.807) is 11.8 Å². The number of cyclic esters (lactones) is 1. The van der Waals surface area contributed by atoms with E-state index in [-0.39, 0.29) is 11.4 Å². The first-order valence-electron chi connectivity index (χ1n) is 5.67. The fourth-order valence-electron chi connectivity index (χ4n) is 2.02. The Hall–Kier alpha value is -0.490. The summed E-state index contributed by atoms with van der Waals surface area (Å²) < 4.78 is 6.46. The molecule has 1 aliphatic heterocycles. The maximum Gasteiger partial charge on any atom is 0.344 e. The summed E-state index contributed by atoms with van der Waals surface area (Å²) in [5.41, 5.74) is 1.63. The predicted molar refractivity (Wildman–Crippen MR) is 84.7 cm³/mol. The first-order chi connectivity index (χ1) is 8.44. The van der Waals surface area contributed by atoms with Gasteiger partial charge in [-0.05, 0) is 52.5 Å². The van der Waals surface area contributed by atoms with E-state index >= 15 is 0 Å². The Morgan fingerprint density at radius 2 is 2.17 bits per heavy atom.